The highest BCUT2D eigenvalue weighted by molar-refractivity contribution is 5.88. The van der Waals surface area contributed by atoms with Crippen molar-refractivity contribution in [3.05, 3.63) is 6.33 Å². The number of aryl methyl sites for hydroxylation is 1. The number of rotatable bonds is 4. The summed E-state index contributed by atoms with van der Waals surface area (Å²) in [5.74, 6) is 0.319. The fourth-order valence-corrected chi connectivity index (χ4v) is 0.778. The molecule has 0 aliphatic rings. The van der Waals surface area contributed by atoms with Gasteiger partial charge in [-0.25, -0.2) is 0 Å². The summed E-state index contributed by atoms with van der Waals surface area (Å²) in [5, 5.41) is 9.92. The van der Waals surface area contributed by atoms with Crippen LogP contribution in [0.25, 0.3) is 0 Å². The molecule has 0 fully saturated rings. The monoisotopic (exact) mass is 184 g/mol. The van der Waals surface area contributed by atoms with Gasteiger partial charge in [0.05, 0.1) is 13.0 Å². The van der Waals surface area contributed by atoms with Crippen LogP contribution in [0.3, 0.4) is 0 Å². The minimum atomic E-state index is -0.127. The average Bonchev–Trinajstić information content (AvgIpc) is 2.48. The van der Waals surface area contributed by atoms with E-state index < -0.39 is 0 Å². The Labute approximate surface area is 75.9 Å². The van der Waals surface area contributed by atoms with Gasteiger partial charge in [0.25, 0.3) is 0 Å². The Kier molecular flexibility index (Phi) is 3.39. The second-order valence-corrected chi connectivity index (χ2v) is 2.56. The van der Waals surface area contributed by atoms with Gasteiger partial charge in [0, 0.05) is 14.2 Å². The van der Waals surface area contributed by atoms with Crippen molar-refractivity contribution >= 4 is 11.9 Å². The van der Waals surface area contributed by atoms with Gasteiger partial charge in [0.1, 0.15) is 6.33 Å². The third-order valence-electron chi connectivity index (χ3n) is 1.50. The van der Waals surface area contributed by atoms with E-state index in [9.17, 15) is 4.79 Å². The van der Waals surface area contributed by atoms with E-state index in [4.69, 9.17) is 4.74 Å². The van der Waals surface area contributed by atoms with E-state index in [0.29, 0.717) is 19.0 Å². The van der Waals surface area contributed by atoms with Crippen molar-refractivity contribution in [3.63, 3.8) is 0 Å². The zero-order valence-electron chi connectivity index (χ0n) is 7.65. The number of amides is 1. The summed E-state index contributed by atoms with van der Waals surface area (Å²) >= 11 is 0. The number of anilines is 1. The first-order valence-electron chi connectivity index (χ1n) is 3.87. The number of hydrogen-bond acceptors (Lipinski definition) is 4. The lowest BCUT2D eigenvalue weighted by molar-refractivity contribution is -0.117. The van der Waals surface area contributed by atoms with Crippen LogP contribution in [0.4, 0.5) is 5.95 Å². The van der Waals surface area contributed by atoms with Gasteiger partial charge in [-0.1, -0.05) is 0 Å². The third kappa shape index (κ3) is 2.83. The van der Waals surface area contributed by atoms with Crippen molar-refractivity contribution < 1.29 is 9.53 Å². The van der Waals surface area contributed by atoms with Gasteiger partial charge in [0.15, 0.2) is 0 Å². The molecule has 6 heteroatoms. The van der Waals surface area contributed by atoms with Gasteiger partial charge in [-0.05, 0) is 0 Å². The Hall–Kier alpha value is -1.43. The maximum Gasteiger partial charge on any atom is 0.230 e. The van der Waals surface area contributed by atoms with Crippen LogP contribution in [0.2, 0.25) is 0 Å². The molecule has 0 saturated carbocycles. The number of hydrogen-bond donors (Lipinski definition) is 1. The van der Waals surface area contributed by atoms with Crippen LogP contribution in [0.1, 0.15) is 6.42 Å². The SMILES string of the molecule is COCCC(=O)Nc1nncn1C. The predicted octanol–water partition coefficient (Wildman–Crippen LogP) is -0.210. The van der Waals surface area contributed by atoms with Crippen LogP contribution in [-0.2, 0) is 16.6 Å². The summed E-state index contributed by atoms with van der Waals surface area (Å²) in [6.45, 7) is 0.406. The molecule has 1 amide bonds. The minimum Gasteiger partial charge on any atom is -0.384 e. The highest BCUT2D eigenvalue weighted by Crippen LogP contribution is 1.98. The molecule has 1 aromatic rings. The topological polar surface area (TPSA) is 69.0 Å². The lowest BCUT2D eigenvalue weighted by Gasteiger charge is -2.02. The van der Waals surface area contributed by atoms with Gasteiger partial charge >= 0.3 is 0 Å². The van der Waals surface area contributed by atoms with Gasteiger partial charge in [-0.3, -0.25) is 10.1 Å². The standard InChI is InChI=1S/C7H12N4O2/c1-11-5-8-10-7(11)9-6(12)3-4-13-2/h5H,3-4H2,1-2H3,(H,9,10,12). The summed E-state index contributed by atoms with van der Waals surface area (Å²) in [6, 6.07) is 0. The molecular weight excluding hydrogens is 172 g/mol. The molecule has 72 valence electrons. The van der Waals surface area contributed by atoms with E-state index in [2.05, 4.69) is 15.5 Å². The fourth-order valence-electron chi connectivity index (χ4n) is 0.778. The molecule has 0 aliphatic heterocycles. The highest BCUT2D eigenvalue weighted by Gasteiger charge is 2.05. The molecule has 0 spiro atoms. The second kappa shape index (κ2) is 4.56. The van der Waals surface area contributed by atoms with Gasteiger partial charge < -0.3 is 9.30 Å². The summed E-state index contributed by atoms with van der Waals surface area (Å²) < 4.78 is 6.39. The Morgan fingerprint density at radius 3 is 3.08 bits per heavy atom. The average molecular weight is 184 g/mol. The molecule has 1 heterocycles. The number of nitrogens with one attached hydrogen (secondary N) is 1. The molecule has 0 aliphatic carbocycles. The molecule has 1 rings (SSSR count). The van der Waals surface area contributed by atoms with Crippen LogP contribution in [-0.4, -0.2) is 34.4 Å². The number of methoxy groups -OCH3 is 1. The fraction of sp³-hybridized carbons (Fsp3) is 0.571. The number of aromatic nitrogens is 3. The smallest absolute Gasteiger partial charge is 0.230 e. The zero-order valence-corrected chi connectivity index (χ0v) is 7.65. The van der Waals surface area contributed by atoms with Crippen molar-refractivity contribution in [1.82, 2.24) is 14.8 Å². The van der Waals surface area contributed by atoms with Gasteiger partial charge in [0.2, 0.25) is 11.9 Å². The number of carbonyl (C=O) groups excluding carboxylic acids is 1. The zero-order chi connectivity index (χ0) is 9.68. The summed E-state index contributed by atoms with van der Waals surface area (Å²) in [6.07, 6.45) is 1.84. The Morgan fingerprint density at radius 2 is 2.54 bits per heavy atom. The molecule has 1 N–H and O–H groups in total. The molecule has 0 bridgehead atoms. The molecule has 6 nitrogen and oxygen atoms in total. The lowest BCUT2D eigenvalue weighted by atomic mass is 10.4. The van der Waals surface area contributed by atoms with E-state index >= 15 is 0 Å². The highest BCUT2D eigenvalue weighted by atomic mass is 16.5. The molecule has 0 saturated heterocycles. The first-order chi connectivity index (χ1) is 6.24. The lowest BCUT2D eigenvalue weighted by Crippen LogP contribution is -2.16. The molecule has 13 heavy (non-hydrogen) atoms. The number of ether oxygens (including phenoxy) is 1. The van der Waals surface area contributed by atoms with E-state index in [-0.39, 0.29) is 5.91 Å². The predicted molar refractivity (Wildman–Crippen MR) is 46.1 cm³/mol. The normalized spacial score (nSPS) is 10.0. The van der Waals surface area contributed by atoms with Crippen molar-refractivity contribution in [2.75, 3.05) is 19.0 Å². The van der Waals surface area contributed by atoms with E-state index in [1.165, 1.54) is 6.33 Å². The number of carbonyl (C=O) groups is 1. The van der Waals surface area contributed by atoms with Crippen molar-refractivity contribution in [2.24, 2.45) is 7.05 Å². The maximum absolute atomic E-state index is 11.1. The van der Waals surface area contributed by atoms with E-state index in [0.717, 1.165) is 0 Å². The molecule has 0 radical (unpaired) electrons. The van der Waals surface area contributed by atoms with Crippen molar-refractivity contribution in [1.29, 1.82) is 0 Å². The molecule has 0 unspecified atom stereocenters. The number of nitrogens with zero attached hydrogens (tertiary/aromatic N) is 3. The van der Waals surface area contributed by atoms with E-state index in [1.807, 2.05) is 0 Å². The minimum absolute atomic E-state index is 0.127. The summed E-state index contributed by atoms with van der Waals surface area (Å²) in [7, 11) is 3.31. The quantitative estimate of drug-likeness (QED) is 0.703. The maximum atomic E-state index is 11.1. The third-order valence-corrected chi connectivity index (χ3v) is 1.50. The largest absolute Gasteiger partial charge is 0.384 e. The van der Waals surface area contributed by atoms with Crippen LogP contribution in [0.15, 0.2) is 6.33 Å². The van der Waals surface area contributed by atoms with Gasteiger partial charge in [-0.2, -0.15) is 0 Å². The molecule has 0 aromatic carbocycles. The van der Waals surface area contributed by atoms with Crippen molar-refractivity contribution in [3.8, 4) is 0 Å². The molecule has 0 atom stereocenters. The summed E-state index contributed by atoms with van der Waals surface area (Å²) in [5.41, 5.74) is 0. The Morgan fingerprint density at radius 1 is 1.77 bits per heavy atom. The van der Waals surface area contributed by atoms with Gasteiger partial charge in [-0.15, -0.1) is 10.2 Å². The molecular formula is C7H12N4O2. The van der Waals surface area contributed by atoms with Crippen LogP contribution in [0, 0.1) is 0 Å². The first-order valence-corrected chi connectivity index (χ1v) is 3.87. The van der Waals surface area contributed by atoms with Crippen LogP contribution >= 0.6 is 0 Å². The Bertz CT molecular complexity index is 284. The van der Waals surface area contributed by atoms with Crippen LogP contribution < -0.4 is 5.32 Å². The van der Waals surface area contributed by atoms with Crippen molar-refractivity contribution in [2.45, 2.75) is 6.42 Å². The van der Waals surface area contributed by atoms with Crippen LogP contribution in [0.5, 0.6) is 0 Å². The first kappa shape index (κ1) is 9.66. The molecule has 1 aromatic heterocycles. The summed E-state index contributed by atoms with van der Waals surface area (Å²) in [4.78, 5) is 11.1. The Balaban J connectivity index is 2.41. The second-order valence-electron chi connectivity index (χ2n) is 2.56. The van der Waals surface area contributed by atoms with E-state index in [1.54, 1.807) is 18.7 Å².